The summed E-state index contributed by atoms with van der Waals surface area (Å²) in [6.45, 7) is 7.51. The number of hydrogen-bond acceptors (Lipinski definition) is 4. The quantitative estimate of drug-likeness (QED) is 0.418. The third-order valence-corrected chi connectivity index (χ3v) is 6.08. The van der Waals surface area contributed by atoms with Crippen LogP contribution >= 0.6 is 0 Å². The van der Waals surface area contributed by atoms with Gasteiger partial charge in [-0.05, 0) is 54.6 Å². The number of hydrogen-bond donors (Lipinski definition) is 3. The predicted octanol–water partition coefficient (Wildman–Crippen LogP) is 4.25. The number of amides is 2. The van der Waals surface area contributed by atoms with Crippen LogP contribution in [0.25, 0.3) is 22.8 Å². The van der Waals surface area contributed by atoms with Gasteiger partial charge in [-0.15, -0.1) is 0 Å². The fourth-order valence-electron chi connectivity index (χ4n) is 4.17. The number of methoxy groups -OCH3 is 1. The van der Waals surface area contributed by atoms with Crippen LogP contribution in [0.15, 0.2) is 54.7 Å². The summed E-state index contributed by atoms with van der Waals surface area (Å²) in [7, 11) is 1.63. The van der Waals surface area contributed by atoms with Crippen LogP contribution in [-0.4, -0.2) is 55.0 Å². The minimum absolute atomic E-state index is 0.138. The Labute approximate surface area is 199 Å². The zero-order valence-corrected chi connectivity index (χ0v) is 19.8. The van der Waals surface area contributed by atoms with Gasteiger partial charge in [0.2, 0.25) is 0 Å². The number of anilines is 1. The van der Waals surface area contributed by atoms with Crippen molar-refractivity contribution in [3.05, 3.63) is 71.5 Å². The van der Waals surface area contributed by atoms with E-state index in [0.29, 0.717) is 23.4 Å². The highest BCUT2D eigenvalue weighted by Gasteiger charge is 2.27. The second-order valence-electron chi connectivity index (χ2n) is 8.10. The van der Waals surface area contributed by atoms with Crippen LogP contribution in [0.1, 0.15) is 35.5 Å². The lowest BCUT2D eigenvalue weighted by Gasteiger charge is -2.17. The van der Waals surface area contributed by atoms with E-state index in [0.717, 1.165) is 47.8 Å². The van der Waals surface area contributed by atoms with Gasteiger partial charge in [-0.1, -0.05) is 38.1 Å². The third kappa shape index (κ3) is 4.89. The van der Waals surface area contributed by atoms with Crippen LogP contribution in [0, 0.1) is 0 Å². The molecule has 34 heavy (non-hydrogen) atoms. The van der Waals surface area contributed by atoms with Crippen molar-refractivity contribution in [1.29, 1.82) is 0 Å². The fraction of sp³-hybridized carbons (Fsp3) is 0.259. The number of fused-ring (bicyclic) bond motifs is 1. The molecular weight excluding hydrogens is 428 g/mol. The number of carbonyl (C=O) groups excluding carboxylic acids is 2. The van der Waals surface area contributed by atoms with E-state index in [1.165, 1.54) is 0 Å². The summed E-state index contributed by atoms with van der Waals surface area (Å²) in [6, 6.07) is 15.3. The molecule has 176 valence electrons. The Hall–Kier alpha value is -3.84. The van der Waals surface area contributed by atoms with E-state index in [4.69, 9.17) is 4.74 Å². The van der Waals surface area contributed by atoms with Crippen molar-refractivity contribution in [2.45, 2.75) is 13.8 Å². The highest BCUT2D eigenvalue weighted by Crippen LogP contribution is 2.41. The molecule has 0 saturated carbocycles. The van der Waals surface area contributed by atoms with Crippen LogP contribution in [0.3, 0.4) is 0 Å². The number of nitrogens with one attached hydrogen (secondary N) is 3. The lowest BCUT2D eigenvalue weighted by Crippen LogP contribution is -2.34. The number of ether oxygens (including phenoxy) is 1. The topological polar surface area (TPSA) is 86.5 Å². The molecule has 0 atom stereocenters. The first-order valence-electron chi connectivity index (χ1n) is 11.5. The van der Waals surface area contributed by atoms with E-state index >= 15 is 0 Å². The maximum atomic E-state index is 12.8. The molecule has 3 N–H and O–H groups in total. The lowest BCUT2D eigenvalue weighted by atomic mass is 9.94. The number of benzene rings is 2. The standard InChI is InChI=1S/C27H30N4O3/c1-4-31(5-2)13-12-28-26(32)19-14-20(29-17-19)16-23-25-22(10-7-11-24(25)30-27(23)33)18-8-6-9-21(15-18)34-3/h6-11,14-17,29H,4-5,12-13H2,1-3H3,(H,28,32)(H,30,33)/b23-16-. The molecule has 1 aromatic heterocycles. The first-order valence-corrected chi connectivity index (χ1v) is 11.5. The SMILES string of the molecule is CCN(CC)CCNC(=O)c1c[nH]c(/C=C2\C(=O)Nc3cccc(-c4cccc(OC)c4)c32)c1. The molecule has 4 rings (SSSR count). The normalized spacial score (nSPS) is 13.8. The van der Waals surface area contributed by atoms with E-state index in [2.05, 4.69) is 34.4 Å². The van der Waals surface area contributed by atoms with Gasteiger partial charge in [0.05, 0.1) is 18.2 Å². The zero-order valence-electron chi connectivity index (χ0n) is 19.8. The van der Waals surface area contributed by atoms with E-state index in [9.17, 15) is 9.59 Å². The van der Waals surface area contributed by atoms with Crippen molar-refractivity contribution in [3.63, 3.8) is 0 Å². The Morgan fingerprint density at radius 1 is 1.12 bits per heavy atom. The molecule has 2 amide bonds. The average molecular weight is 459 g/mol. The first-order chi connectivity index (χ1) is 16.5. The summed E-state index contributed by atoms with van der Waals surface area (Å²) >= 11 is 0. The predicted molar refractivity (Wildman–Crippen MR) is 136 cm³/mol. The molecule has 1 aliphatic rings. The fourth-order valence-corrected chi connectivity index (χ4v) is 4.17. The highest BCUT2D eigenvalue weighted by molar-refractivity contribution is 6.36. The number of H-pyrrole nitrogens is 1. The molecule has 7 nitrogen and oxygen atoms in total. The second kappa shape index (κ2) is 10.4. The molecule has 3 aromatic rings. The Morgan fingerprint density at radius 3 is 2.68 bits per heavy atom. The number of aromatic nitrogens is 1. The minimum atomic E-state index is -0.176. The number of likely N-dealkylation sites (N-methyl/N-ethyl adjacent to an activating group) is 1. The van der Waals surface area contributed by atoms with Crippen LogP contribution in [0.5, 0.6) is 5.75 Å². The van der Waals surface area contributed by atoms with Gasteiger partial charge in [-0.3, -0.25) is 9.59 Å². The summed E-state index contributed by atoms with van der Waals surface area (Å²) in [5.41, 5.74) is 5.25. The largest absolute Gasteiger partial charge is 0.497 e. The van der Waals surface area contributed by atoms with Crippen molar-refractivity contribution < 1.29 is 14.3 Å². The smallest absolute Gasteiger partial charge is 0.256 e. The number of rotatable bonds is 9. The number of carbonyl (C=O) groups is 2. The molecule has 2 aromatic carbocycles. The lowest BCUT2D eigenvalue weighted by molar-refractivity contribution is -0.110. The van der Waals surface area contributed by atoms with E-state index in [1.54, 1.807) is 25.4 Å². The van der Waals surface area contributed by atoms with Gasteiger partial charge < -0.3 is 25.3 Å². The molecular formula is C27H30N4O3. The van der Waals surface area contributed by atoms with E-state index < -0.39 is 0 Å². The maximum Gasteiger partial charge on any atom is 0.256 e. The van der Waals surface area contributed by atoms with Crippen molar-refractivity contribution in [1.82, 2.24) is 15.2 Å². The average Bonchev–Trinajstić information content (AvgIpc) is 3.46. The molecule has 0 unspecified atom stereocenters. The van der Waals surface area contributed by atoms with Crippen LogP contribution < -0.4 is 15.4 Å². The van der Waals surface area contributed by atoms with Crippen molar-refractivity contribution in [2.24, 2.45) is 0 Å². The summed E-state index contributed by atoms with van der Waals surface area (Å²) in [6.07, 6.45) is 3.46. The van der Waals surface area contributed by atoms with Crippen molar-refractivity contribution in [3.8, 4) is 16.9 Å². The molecule has 0 saturated heterocycles. The van der Waals surface area contributed by atoms with E-state index in [-0.39, 0.29) is 11.8 Å². The van der Waals surface area contributed by atoms with Crippen molar-refractivity contribution in [2.75, 3.05) is 38.6 Å². The summed E-state index contributed by atoms with van der Waals surface area (Å²) in [4.78, 5) is 30.8. The van der Waals surface area contributed by atoms with Gasteiger partial charge >= 0.3 is 0 Å². The van der Waals surface area contributed by atoms with Gasteiger partial charge in [0.15, 0.2) is 0 Å². The number of aromatic amines is 1. The Morgan fingerprint density at radius 2 is 1.91 bits per heavy atom. The summed E-state index contributed by atoms with van der Waals surface area (Å²) in [5.74, 6) is 0.436. The number of nitrogens with zero attached hydrogens (tertiary/aromatic N) is 1. The molecule has 0 aliphatic carbocycles. The molecule has 0 spiro atoms. The highest BCUT2D eigenvalue weighted by atomic mass is 16.5. The Balaban J connectivity index is 1.58. The molecule has 0 fully saturated rings. The molecule has 0 radical (unpaired) electrons. The van der Waals surface area contributed by atoms with Gasteiger partial charge in [0.1, 0.15) is 5.75 Å². The first kappa shape index (κ1) is 23.3. The Bertz CT molecular complexity index is 1220. The molecule has 2 heterocycles. The molecule has 0 bridgehead atoms. The minimum Gasteiger partial charge on any atom is -0.497 e. The monoisotopic (exact) mass is 458 g/mol. The van der Waals surface area contributed by atoms with Gasteiger partial charge in [0, 0.05) is 36.2 Å². The molecule has 1 aliphatic heterocycles. The van der Waals surface area contributed by atoms with Gasteiger partial charge in [-0.2, -0.15) is 0 Å². The second-order valence-corrected chi connectivity index (χ2v) is 8.10. The Kier molecular flexibility index (Phi) is 7.13. The summed E-state index contributed by atoms with van der Waals surface area (Å²) in [5, 5.41) is 5.91. The van der Waals surface area contributed by atoms with Crippen molar-refractivity contribution >= 4 is 29.2 Å². The maximum absolute atomic E-state index is 12.8. The zero-order chi connectivity index (χ0) is 24.1. The molecule has 7 heteroatoms. The van der Waals surface area contributed by atoms with Gasteiger partial charge in [0.25, 0.3) is 11.8 Å². The van der Waals surface area contributed by atoms with Gasteiger partial charge in [-0.25, -0.2) is 0 Å². The van der Waals surface area contributed by atoms with Crippen LogP contribution in [0.2, 0.25) is 0 Å². The third-order valence-electron chi connectivity index (χ3n) is 6.08. The van der Waals surface area contributed by atoms with Crippen LogP contribution in [-0.2, 0) is 4.79 Å². The van der Waals surface area contributed by atoms with E-state index in [1.807, 2.05) is 42.5 Å². The summed E-state index contributed by atoms with van der Waals surface area (Å²) < 4.78 is 5.38. The van der Waals surface area contributed by atoms with Crippen LogP contribution in [0.4, 0.5) is 5.69 Å².